The van der Waals surface area contributed by atoms with Crippen molar-refractivity contribution in [1.29, 1.82) is 0 Å². The average Bonchev–Trinajstić information content (AvgIpc) is 2.40. The van der Waals surface area contributed by atoms with Crippen LogP contribution in [0.2, 0.25) is 0 Å². The molecular formula is C13H19NO3. The topological polar surface area (TPSA) is 50.7 Å². The van der Waals surface area contributed by atoms with E-state index in [1.165, 1.54) is 0 Å². The molecule has 1 aliphatic rings. The van der Waals surface area contributed by atoms with Gasteiger partial charge >= 0.3 is 0 Å². The predicted molar refractivity (Wildman–Crippen MR) is 65.3 cm³/mol. The zero-order valence-corrected chi connectivity index (χ0v) is 10.1. The van der Waals surface area contributed by atoms with Crippen LogP contribution in [0, 0.1) is 0 Å². The van der Waals surface area contributed by atoms with Crippen molar-refractivity contribution in [3.8, 4) is 5.75 Å². The van der Waals surface area contributed by atoms with E-state index in [0.717, 1.165) is 17.9 Å². The summed E-state index contributed by atoms with van der Waals surface area (Å²) >= 11 is 0. The molecule has 4 heteroatoms. The lowest BCUT2D eigenvalue weighted by molar-refractivity contribution is -0.000925. The van der Waals surface area contributed by atoms with E-state index < -0.39 is 0 Å². The maximum absolute atomic E-state index is 9.58. The minimum absolute atomic E-state index is 0.0606. The Hall–Kier alpha value is -1.10. The SMILES string of the molecule is COc1ccccc1CC1(CO)COCCN1. The molecule has 0 amide bonds. The van der Waals surface area contributed by atoms with Crippen molar-refractivity contribution in [2.45, 2.75) is 12.0 Å². The van der Waals surface area contributed by atoms with Gasteiger partial charge in [-0.3, -0.25) is 0 Å². The van der Waals surface area contributed by atoms with Crippen molar-refractivity contribution in [3.05, 3.63) is 29.8 Å². The van der Waals surface area contributed by atoms with Gasteiger partial charge < -0.3 is 19.9 Å². The molecule has 0 bridgehead atoms. The highest BCUT2D eigenvalue weighted by Gasteiger charge is 2.32. The molecule has 0 radical (unpaired) electrons. The lowest BCUT2D eigenvalue weighted by Crippen LogP contribution is -2.58. The van der Waals surface area contributed by atoms with E-state index in [1.807, 2.05) is 24.3 Å². The molecule has 1 unspecified atom stereocenters. The Balaban J connectivity index is 2.17. The number of ether oxygens (including phenoxy) is 2. The molecule has 2 N–H and O–H groups in total. The summed E-state index contributed by atoms with van der Waals surface area (Å²) in [5.41, 5.74) is 0.703. The summed E-state index contributed by atoms with van der Waals surface area (Å²) in [6.45, 7) is 2.07. The summed E-state index contributed by atoms with van der Waals surface area (Å²) in [4.78, 5) is 0. The fourth-order valence-electron chi connectivity index (χ4n) is 2.19. The number of para-hydroxylation sites is 1. The number of morpholine rings is 1. The Kier molecular flexibility index (Phi) is 3.99. The second kappa shape index (κ2) is 5.49. The number of hydrogen-bond acceptors (Lipinski definition) is 4. The van der Waals surface area contributed by atoms with Crippen LogP contribution in [-0.4, -0.2) is 44.1 Å². The predicted octanol–water partition coefficient (Wildman–Crippen LogP) is 0.589. The van der Waals surface area contributed by atoms with Crippen LogP contribution >= 0.6 is 0 Å². The van der Waals surface area contributed by atoms with E-state index in [1.54, 1.807) is 7.11 Å². The van der Waals surface area contributed by atoms with E-state index in [0.29, 0.717) is 19.6 Å². The number of aliphatic hydroxyl groups is 1. The standard InChI is InChI=1S/C13H19NO3/c1-16-12-5-3-2-4-11(12)8-13(9-15)10-17-7-6-14-13/h2-5,14-15H,6-10H2,1H3. The second-order valence-corrected chi connectivity index (χ2v) is 4.41. The van der Waals surface area contributed by atoms with Crippen molar-refractivity contribution in [2.75, 3.05) is 33.5 Å². The number of aliphatic hydroxyl groups excluding tert-OH is 1. The number of nitrogens with one attached hydrogen (secondary N) is 1. The average molecular weight is 237 g/mol. The molecule has 1 atom stereocenters. The van der Waals surface area contributed by atoms with Crippen LogP contribution in [0.3, 0.4) is 0 Å². The van der Waals surface area contributed by atoms with Gasteiger partial charge in [-0.1, -0.05) is 18.2 Å². The molecular weight excluding hydrogens is 218 g/mol. The maximum atomic E-state index is 9.58. The quantitative estimate of drug-likeness (QED) is 0.804. The zero-order valence-electron chi connectivity index (χ0n) is 10.1. The summed E-state index contributed by atoms with van der Waals surface area (Å²) in [6.07, 6.45) is 0.702. The van der Waals surface area contributed by atoms with Gasteiger partial charge in [-0.25, -0.2) is 0 Å². The molecule has 1 aromatic rings. The Labute approximate surface area is 102 Å². The zero-order chi connectivity index (χ0) is 12.1. The third-order valence-electron chi connectivity index (χ3n) is 3.15. The van der Waals surface area contributed by atoms with E-state index in [-0.39, 0.29) is 12.1 Å². The van der Waals surface area contributed by atoms with Crippen LogP contribution in [-0.2, 0) is 11.2 Å². The van der Waals surface area contributed by atoms with Gasteiger partial charge in [-0.15, -0.1) is 0 Å². The number of hydrogen-bond donors (Lipinski definition) is 2. The van der Waals surface area contributed by atoms with Crippen LogP contribution in [0.5, 0.6) is 5.75 Å². The van der Waals surface area contributed by atoms with E-state index in [9.17, 15) is 5.11 Å². The molecule has 94 valence electrons. The smallest absolute Gasteiger partial charge is 0.122 e. The fourth-order valence-corrected chi connectivity index (χ4v) is 2.19. The van der Waals surface area contributed by atoms with Crippen LogP contribution in [0.4, 0.5) is 0 Å². The molecule has 1 aliphatic heterocycles. The molecule has 1 aromatic carbocycles. The maximum Gasteiger partial charge on any atom is 0.122 e. The summed E-state index contributed by atoms with van der Waals surface area (Å²) < 4.78 is 10.8. The van der Waals surface area contributed by atoms with Crippen LogP contribution in [0.15, 0.2) is 24.3 Å². The molecule has 1 heterocycles. The molecule has 0 spiro atoms. The van der Waals surface area contributed by atoms with Crippen molar-refractivity contribution >= 4 is 0 Å². The van der Waals surface area contributed by atoms with Crippen molar-refractivity contribution < 1.29 is 14.6 Å². The van der Waals surface area contributed by atoms with Gasteiger partial charge in [0.1, 0.15) is 5.75 Å². The molecule has 0 aliphatic carbocycles. The highest BCUT2D eigenvalue weighted by molar-refractivity contribution is 5.34. The van der Waals surface area contributed by atoms with Gasteiger partial charge in [0.05, 0.1) is 32.5 Å². The number of methoxy groups -OCH3 is 1. The van der Waals surface area contributed by atoms with E-state index in [2.05, 4.69) is 5.32 Å². The fraction of sp³-hybridized carbons (Fsp3) is 0.538. The van der Waals surface area contributed by atoms with Crippen LogP contribution in [0.25, 0.3) is 0 Å². The first-order chi connectivity index (χ1) is 8.29. The summed E-state index contributed by atoms with van der Waals surface area (Å²) in [7, 11) is 1.66. The lowest BCUT2D eigenvalue weighted by Gasteiger charge is -2.37. The van der Waals surface area contributed by atoms with Gasteiger partial charge in [-0.05, 0) is 18.1 Å². The van der Waals surface area contributed by atoms with Gasteiger partial charge in [0.25, 0.3) is 0 Å². The van der Waals surface area contributed by atoms with E-state index in [4.69, 9.17) is 9.47 Å². The molecule has 4 nitrogen and oxygen atoms in total. The molecule has 17 heavy (non-hydrogen) atoms. The minimum Gasteiger partial charge on any atom is -0.496 e. The van der Waals surface area contributed by atoms with Gasteiger partial charge in [0.2, 0.25) is 0 Å². The van der Waals surface area contributed by atoms with Crippen LogP contribution in [0.1, 0.15) is 5.56 Å². The van der Waals surface area contributed by atoms with E-state index >= 15 is 0 Å². The largest absolute Gasteiger partial charge is 0.496 e. The van der Waals surface area contributed by atoms with Crippen molar-refractivity contribution in [3.63, 3.8) is 0 Å². The van der Waals surface area contributed by atoms with Crippen LogP contribution < -0.4 is 10.1 Å². The first-order valence-electron chi connectivity index (χ1n) is 5.85. The highest BCUT2D eigenvalue weighted by atomic mass is 16.5. The summed E-state index contributed by atoms with van der Waals surface area (Å²) in [5, 5.41) is 12.9. The Bertz CT molecular complexity index is 361. The molecule has 0 aromatic heterocycles. The lowest BCUT2D eigenvalue weighted by atomic mass is 9.91. The van der Waals surface area contributed by atoms with Gasteiger partial charge in [0.15, 0.2) is 0 Å². The third-order valence-corrected chi connectivity index (χ3v) is 3.15. The number of benzene rings is 1. The Morgan fingerprint density at radius 3 is 2.94 bits per heavy atom. The number of rotatable bonds is 4. The summed E-state index contributed by atoms with van der Waals surface area (Å²) in [6, 6.07) is 7.88. The van der Waals surface area contributed by atoms with Crippen molar-refractivity contribution in [1.82, 2.24) is 5.32 Å². The first kappa shape index (κ1) is 12.4. The first-order valence-corrected chi connectivity index (χ1v) is 5.85. The Morgan fingerprint density at radius 2 is 2.29 bits per heavy atom. The minimum atomic E-state index is -0.382. The van der Waals surface area contributed by atoms with Gasteiger partial charge in [0, 0.05) is 6.54 Å². The monoisotopic (exact) mass is 237 g/mol. The van der Waals surface area contributed by atoms with Crippen molar-refractivity contribution in [2.24, 2.45) is 0 Å². The molecule has 0 saturated carbocycles. The molecule has 1 saturated heterocycles. The van der Waals surface area contributed by atoms with Gasteiger partial charge in [-0.2, -0.15) is 0 Å². The second-order valence-electron chi connectivity index (χ2n) is 4.41. The third kappa shape index (κ3) is 2.77. The summed E-state index contributed by atoms with van der Waals surface area (Å²) in [5.74, 6) is 0.854. The molecule has 2 rings (SSSR count). The normalized spacial score (nSPS) is 24.6. The molecule has 1 fully saturated rings. The highest BCUT2D eigenvalue weighted by Crippen LogP contribution is 2.24. The Morgan fingerprint density at radius 1 is 1.47 bits per heavy atom.